The molecule has 0 aliphatic carbocycles. The van der Waals surface area contributed by atoms with Crippen molar-refractivity contribution in [3.63, 3.8) is 0 Å². The van der Waals surface area contributed by atoms with E-state index in [1.165, 1.54) is 0 Å². The molecule has 0 aromatic heterocycles. The number of anilines is 2. The van der Waals surface area contributed by atoms with Crippen molar-refractivity contribution in [1.82, 2.24) is 4.90 Å². The summed E-state index contributed by atoms with van der Waals surface area (Å²) in [6, 6.07) is 5.67. The van der Waals surface area contributed by atoms with Crippen molar-refractivity contribution in [2.24, 2.45) is 5.92 Å². The number of hydrogen-bond donors (Lipinski definition) is 2. The second-order valence-corrected chi connectivity index (χ2v) is 7.06. The minimum atomic E-state index is -0.612. The highest BCUT2D eigenvalue weighted by Crippen LogP contribution is 2.30. The molecule has 134 valence electrons. The molecule has 1 atom stereocenters. The van der Waals surface area contributed by atoms with E-state index in [0.717, 1.165) is 24.5 Å². The number of amides is 1. The van der Waals surface area contributed by atoms with Gasteiger partial charge in [-0.25, -0.2) is 0 Å². The zero-order chi connectivity index (χ0) is 17.7. The summed E-state index contributed by atoms with van der Waals surface area (Å²) in [5.74, 6) is 0.412. The number of benzene rings is 1. The van der Waals surface area contributed by atoms with Crippen molar-refractivity contribution in [3.05, 3.63) is 23.2 Å². The first-order chi connectivity index (χ1) is 11.4. The van der Waals surface area contributed by atoms with Crippen LogP contribution in [-0.4, -0.2) is 60.6 Å². The van der Waals surface area contributed by atoms with Gasteiger partial charge in [0.15, 0.2) is 0 Å². The van der Waals surface area contributed by atoms with Gasteiger partial charge in [0, 0.05) is 43.7 Å². The van der Waals surface area contributed by atoms with E-state index in [1.54, 1.807) is 0 Å². The van der Waals surface area contributed by atoms with Crippen LogP contribution in [0.3, 0.4) is 0 Å². The molecule has 2 N–H and O–H groups in total. The Bertz CT molecular complexity index is 561. The van der Waals surface area contributed by atoms with Crippen LogP contribution in [0.4, 0.5) is 11.4 Å². The Morgan fingerprint density at radius 2 is 1.96 bits per heavy atom. The predicted octanol–water partition coefficient (Wildman–Crippen LogP) is 2.66. The van der Waals surface area contributed by atoms with Crippen LogP contribution in [0.1, 0.15) is 13.8 Å². The van der Waals surface area contributed by atoms with Crippen molar-refractivity contribution in [1.29, 1.82) is 0 Å². The van der Waals surface area contributed by atoms with E-state index in [9.17, 15) is 9.90 Å². The van der Waals surface area contributed by atoms with Crippen LogP contribution >= 0.6 is 23.2 Å². The van der Waals surface area contributed by atoms with Gasteiger partial charge in [-0.05, 0) is 18.2 Å². The van der Waals surface area contributed by atoms with Gasteiger partial charge in [0.2, 0.25) is 5.91 Å². The van der Waals surface area contributed by atoms with Crippen LogP contribution < -0.4 is 10.2 Å². The SMILES string of the molecule is CC(C)C(=O)N1CCN(c2ccc(Cl)cc2NCC(O)CCl)CC1. The normalized spacial score (nSPS) is 16.4. The Morgan fingerprint density at radius 1 is 1.29 bits per heavy atom. The van der Waals surface area contributed by atoms with Gasteiger partial charge < -0.3 is 20.2 Å². The maximum atomic E-state index is 12.1. The van der Waals surface area contributed by atoms with Gasteiger partial charge in [-0.1, -0.05) is 25.4 Å². The van der Waals surface area contributed by atoms with Gasteiger partial charge >= 0.3 is 0 Å². The summed E-state index contributed by atoms with van der Waals surface area (Å²) in [6.45, 7) is 7.19. The van der Waals surface area contributed by atoms with E-state index >= 15 is 0 Å². The lowest BCUT2D eigenvalue weighted by atomic mass is 10.1. The smallest absolute Gasteiger partial charge is 0.225 e. The lowest BCUT2D eigenvalue weighted by Crippen LogP contribution is -2.50. The highest BCUT2D eigenvalue weighted by Gasteiger charge is 2.24. The molecule has 1 saturated heterocycles. The molecule has 2 rings (SSSR count). The predicted molar refractivity (Wildman–Crippen MR) is 100 cm³/mol. The molecule has 1 aliphatic rings. The number of nitrogens with zero attached hydrogens (tertiary/aromatic N) is 2. The molecule has 0 radical (unpaired) electrons. The zero-order valence-electron chi connectivity index (χ0n) is 14.1. The average Bonchev–Trinajstić information content (AvgIpc) is 2.59. The standard InChI is InChI=1S/C17H25Cl2N3O2/c1-12(2)17(24)22-7-5-21(6-8-22)16-4-3-13(19)9-15(16)20-11-14(23)10-18/h3-4,9,12,14,20,23H,5-8,10-11H2,1-2H3. The average molecular weight is 374 g/mol. The number of halogens is 2. The molecule has 0 bridgehead atoms. The summed E-state index contributed by atoms with van der Waals surface area (Å²) < 4.78 is 0. The number of carbonyl (C=O) groups excluding carboxylic acids is 1. The van der Waals surface area contributed by atoms with Crippen LogP contribution in [0.15, 0.2) is 18.2 Å². The van der Waals surface area contributed by atoms with Gasteiger partial charge in [-0.15, -0.1) is 11.6 Å². The molecule has 7 heteroatoms. The topological polar surface area (TPSA) is 55.8 Å². The van der Waals surface area contributed by atoms with E-state index in [1.807, 2.05) is 36.9 Å². The minimum Gasteiger partial charge on any atom is -0.390 e. The maximum absolute atomic E-state index is 12.1. The van der Waals surface area contributed by atoms with Crippen molar-refractivity contribution in [2.45, 2.75) is 20.0 Å². The highest BCUT2D eigenvalue weighted by atomic mass is 35.5. The fraction of sp³-hybridized carbons (Fsp3) is 0.588. The van der Waals surface area contributed by atoms with Crippen molar-refractivity contribution in [3.8, 4) is 0 Å². The molecular weight excluding hydrogens is 349 g/mol. The van der Waals surface area contributed by atoms with E-state index in [2.05, 4.69) is 10.2 Å². The van der Waals surface area contributed by atoms with Crippen LogP contribution in [0.2, 0.25) is 5.02 Å². The van der Waals surface area contributed by atoms with Crippen LogP contribution in [0, 0.1) is 5.92 Å². The molecule has 0 saturated carbocycles. The van der Waals surface area contributed by atoms with Crippen LogP contribution in [0.25, 0.3) is 0 Å². The quantitative estimate of drug-likeness (QED) is 0.752. The van der Waals surface area contributed by atoms with Crippen LogP contribution in [-0.2, 0) is 4.79 Å². The maximum Gasteiger partial charge on any atom is 0.225 e. The summed E-state index contributed by atoms with van der Waals surface area (Å²) >= 11 is 11.7. The fourth-order valence-electron chi connectivity index (χ4n) is 2.74. The van der Waals surface area contributed by atoms with Crippen molar-refractivity contribution in [2.75, 3.05) is 48.8 Å². The Hall–Kier alpha value is -1.17. The first kappa shape index (κ1) is 19.2. The molecule has 1 fully saturated rings. The Kier molecular flexibility index (Phi) is 7.02. The van der Waals surface area contributed by atoms with Crippen LogP contribution in [0.5, 0.6) is 0 Å². The number of carbonyl (C=O) groups is 1. The van der Waals surface area contributed by atoms with Crippen molar-refractivity contribution >= 4 is 40.5 Å². The third-order valence-electron chi connectivity index (χ3n) is 4.09. The summed E-state index contributed by atoms with van der Waals surface area (Å²) in [6.07, 6.45) is -0.612. The molecule has 1 unspecified atom stereocenters. The minimum absolute atomic E-state index is 0.0290. The Morgan fingerprint density at radius 3 is 2.54 bits per heavy atom. The fourth-order valence-corrected chi connectivity index (χ4v) is 3.02. The molecule has 1 amide bonds. The molecule has 1 aliphatic heterocycles. The number of alkyl halides is 1. The lowest BCUT2D eigenvalue weighted by molar-refractivity contribution is -0.134. The van der Waals surface area contributed by atoms with E-state index < -0.39 is 6.10 Å². The number of nitrogens with one attached hydrogen (secondary N) is 1. The van der Waals surface area contributed by atoms with Gasteiger partial charge in [-0.3, -0.25) is 4.79 Å². The number of rotatable bonds is 6. The summed E-state index contributed by atoms with van der Waals surface area (Å²) in [4.78, 5) is 16.3. The largest absolute Gasteiger partial charge is 0.390 e. The first-order valence-corrected chi connectivity index (χ1v) is 9.14. The van der Waals surface area contributed by atoms with Gasteiger partial charge in [0.25, 0.3) is 0 Å². The second-order valence-electron chi connectivity index (χ2n) is 6.32. The number of hydrogen-bond acceptors (Lipinski definition) is 4. The van der Waals surface area contributed by atoms with Gasteiger partial charge in [0.1, 0.15) is 0 Å². The third-order valence-corrected chi connectivity index (χ3v) is 4.68. The number of aliphatic hydroxyl groups is 1. The van der Waals surface area contributed by atoms with E-state index in [-0.39, 0.29) is 17.7 Å². The van der Waals surface area contributed by atoms with E-state index in [4.69, 9.17) is 23.2 Å². The monoisotopic (exact) mass is 373 g/mol. The lowest BCUT2D eigenvalue weighted by Gasteiger charge is -2.37. The van der Waals surface area contributed by atoms with Gasteiger partial charge in [0.05, 0.1) is 23.4 Å². The highest BCUT2D eigenvalue weighted by molar-refractivity contribution is 6.31. The second kappa shape index (κ2) is 8.79. The Balaban J connectivity index is 2.05. The van der Waals surface area contributed by atoms with E-state index in [0.29, 0.717) is 24.7 Å². The molecule has 1 heterocycles. The molecule has 24 heavy (non-hydrogen) atoms. The molecule has 5 nitrogen and oxygen atoms in total. The van der Waals surface area contributed by atoms with Gasteiger partial charge in [-0.2, -0.15) is 0 Å². The summed E-state index contributed by atoms with van der Waals surface area (Å²) in [5, 5.41) is 13.5. The molecular formula is C17H25Cl2N3O2. The molecule has 1 aromatic rings. The van der Waals surface area contributed by atoms with Crippen molar-refractivity contribution < 1.29 is 9.90 Å². The zero-order valence-corrected chi connectivity index (χ0v) is 15.6. The molecule has 0 spiro atoms. The first-order valence-electron chi connectivity index (χ1n) is 8.23. The number of piperazine rings is 1. The third kappa shape index (κ3) is 4.91. The Labute approximate surface area is 153 Å². The summed E-state index contributed by atoms with van der Waals surface area (Å²) in [5.41, 5.74) is 1.90. The summed E-state index contributed by atoms with van der Waals surface area (Å²) in [7, 11) is 0. The number of aliphatic hydroxyl groups excluding tert-OH is 1. The molecule has 1 aromatic carbocycles.